The zero-order chi connectivity index (χ0) is 26.9. The van der Waals surface area contributed by atoms with Gasteiger partial charge in [-0.3, -0.25) is 9.78 Å². The molecule has 0 aliphatic heterocycles. The molecule has 0 spiro atoms. The summed E-state index contributed by atoms with van der Waals surface area (Å²) in [5, 5.41) is 2.50. The number of benzene rings is 2. The summed E-state index contributed by atoms with van der Waals surface area (Å²) < 4.78 is 74.4. The van der Waals surface area contributed by atoms with E-state index in [1.54, 1.807) is 56.4 Å². The van der Waals surface area contributed by atoms with Crippen LogP contribution in [-0.4, -0.2) is 45.9 Å². The Morgan fingerprint density at radius 3 is 2.49 bits per heavy atom. The number of rotatable bonds is 8. The van der Waals surface area contributed by atoms with Gasteiger partial charge in [-0.2, -0.15) is 13.2 Å². The molecule has 0 amide bonds. The first-order chi connectivity index (χ1) is 17.4. The van der Waals surface area contributed by atoms with E-state index in [1.807, 2.05) is 0 Å². The summed E-state index contributed by atoms with van der Waals surface area (Å²) >= 11 is 0. The van der Waals surface area contributed by atoms with Gasteiger partial charge in [0.2, 0.25) is 5.95 Å². The number of ether oxygens (including phenoxy) is 1. The molecule has 0 bridgehead atoms. The predicted molar refractivity (Wildman–Crippen MR) is 127 cm³/mol. The molecule has 1 N–H and O–H groups in total. The van der Waals surface area contributed by atoms with Gasteiger partial charge in [-0.25, -0.2) is 13.8 Å². The first kappa shape index (κ1) is 26.0. The second kappa shape index (κ2) is 10.1. The Bertz CT molecular complexity index is 1470. The van der Waals surface area contributed by atoms with Crippen LogP contribution in [0, 0.1) is 11.6 Å². The SMILES string of the molecule is CN(C)CC(=O)Cc1cc(Oc2ccc3c(c2)nc(Nc2cc(C(F)(F)F)c(F)cc2F)n3C)ccn1. The molecule has 37 heavy (non-hydrogen) atoms. The highest BCUT2D eigenvalue weighted by molar-refractivity contribution is 5.82. The van der Waals surface area contributed by atoms with Gasteiger partial charge in [0.05, 0.1) is 40.9 Å². The monoisotopic (exact) mass is 519 g/mol. The van der Waals surface area contributed by atoms with Gasteiger partial charge < -0.3 is 19.5 Å². The van der Waals surface area contributed by atoms with E-state index in [9.17, 15) is 26.7 Å². The first-order valence-corrected chi connectivity index (χ1v) is 11.0. The largest absolute Gasteiger partial charge is 0.457 e. The van der Waals surface area contributed by atoms with Crippen LogP contribution in [0.2, 0.25) is 0 Å². The minimum atomic E-state index is -4.99. The summed E-state index contributed by atoms with van der Waals surface area (Å²) in [6.07, 6.45) is -3.31. The number of likely N-dealkylation sites (N-methyl/N-ethyl adjacent to an activating group) is 1. The number of fused-ring (bicyclic) bond motifs is 1. The number of aromatic nitrogens is 3. The molecule has 0 aliphatic carbocycles. The van der Waals surface area contributed by atoms with Crippen LogP contribution in [-0.2, 0) is 24.4 Å². The minimum Gasteiger partial charge on any atom is -0.457 e. The lowest BCUT2D eigenvalue weighted by molar-refractivity contribution is -0.140. The van der Waals surface area contributed by atoms with Crippen molar-refractivity contribution in [1.82, 2.24) is 19.4 Å². The van der Waals surface area contributed by atoms with Gasteiger partial charge in [-0.1, -0.05) is 0 Å². The summed E-state index contributed by atoms with van der Waals surface area (Å²) in [5.74, 6) is -2.01. The molecular weight excluding hydrogens is 497 g/mol. The lowest BCUT2D eigenvalue weighted by Gasteiger charge is -2.12. The van der Waals surface area contributed by atoms with E-state index in [2.05, 4.69) is 15.3 Å². The van der Waals surface area contributed by atoms with E-state index >= 15 is 0 Å². The number of aryl methyl sites for hydroxylation is 1. The third-order valence-corrected chi connectivity index (χ3v) is 5.36. The summed E-state index contributed by atoms with van der Waals surface area (Å²) in [5.41, 5.74) is -0.619. The van der Waals surface area contributed by atoms with E-state index in [0.717, 1.165) is 0 Å². The second-order valence-electron chi connectivity index (χ2n) is 8.62. The van der Waals surface area contributed by atoms with Crippen LogP contribution >= 0.6 is 0 Å². The van der Waals surface area contributed by atoms with Gasteiger partial charge >= 0.3 is 6.18 Å². The molecule has 0 atom stereocenters. The Hall–Kier alpha value is -4.06. The molecule has 4 rings (SSSR count). The fraction of sp³-hybridized carbons (Fsp3) is 0.240. The van der Waals surface area contributed by atoms with Crippen LogP contribution in [0.3, 0.4) is 0 Å². The average molecular weight is 519 g/mol. The molecule has 0 saturated carbocycles. The quantitative estimate of drug-likeness (QED) is 0.311. The summed E-state index contributed by atoms with van der Waals surface area (Å²) in [7, 11) is 5.19. The van der Waals surface area contributed by atoms with Crippen molar-refractivity contribution in [3.8, 4) is 11.5 Å². The molecule has 2 aromatic heterocycles. The smallest absolute Gasteiger partial charge is 0.419 e. The maximum Gasteiger partial charge on any atom is 0.419 e. The molecule has 4 aromatic rings. The number of carbonyl (C=O) groups is 1. The van der Waals surface area contributed by atoms with Crippen molar-refractivity contribution in [2.75, 3.05) is 26.0 Å². The number of Topliss-reactive ketones (excluding diaryl/α,β-unsaturated/α-hetero) is 1. The van der Waals surface area contributed by atoms with Gasteiger partial charge in [-0.15, -0.1) is 0 Å². The van der Waals surface area contributed by atoms with Crippen LogP contribution in [0.25, 0.3) is 11.0 Å². The molecule has 0 unspecified atom stereocenters. The highest BCUT2D eigenvalue weighted by Crippen LogP contribution is 2.35. The van der Waals surface area contributed by atoms with Gasteiger partial charge in [0, 0.05) is 31.4 Å². The van der Waals surface area contributed by atoms with E-state index in [0.29, 0.717) is 40.8 Å². The van der Waals surface area contributed by atoms with Crippen molar-refractivity contribution < 1.29 is 31.5 Å². The third-order valence-electron chi connectivity index (χ3n) is 5.36. The van der Waals surface area contributed by atoms with Crippen LogP contribution < -0.4 is 10.1 Å². The molecule has 0 radical (unpaired) electrons. The lowest BCUT2D eigenvalue weighted by Crippen LogP contribution is -2.23. The topological polar surface area (TPSA) is 72.3 Å². The molecule has 7 nitrogen and oxygen atoms in total. The normalized spacial score (nSPS) is 11.8. The number of hydrogen-bond acceptors (Lipinski definition) is 6. The summed E-state index contributed by atoms with van der Waals surface area (Å²) in [6.45, 7) is 0.290. The Labute approximate surface area is 208 Å². The van der Waals surface area contributed by atoms with Crippen molar-refractivity contribution in [3.05, 3.63) is 71.6 Å². The molecule has 12 heteroatoms. The average Bonchev–Trinajstić information content (AvgIpc) is 3.09. The maximum absolute atomic E-state index is 14.2. The van der Waals surface area contributed by atoms with E-state index in [1.165, 1.54) is 10.8 Å². The molecule has 2 heterocycles. The molecule has 2 aromatic carbocycles. The van der Waals surface area contributed by atoms with Crippen LogP contribution in [0.15, 0.2) is 48.7 Å². The van der Waals surface area contributed by atoms with Crippen LogP contribution in [0.1, 0.15) is 11.3 Å². The van der Waals surface area contributed by atoms with E-state index in [-0.39, 0.29) is 24.2 Å². The van der Waals surface area contributed by atoms with Crippen molar-refractivity contribution >= 4 is 28.5 Å². The van der Waals surface area contributed by atoms with Gasteiger partial charge in [0.15, 0.2) is 5.78 Å². The number of halogens is 5. The van der Waals surface area contributed by atoms with Crippen molar-refractivity contribution in [3.63, 3.8) is 0 Å². The Kier molecular flexibility index (Phi) is 7.12. The third kappa shape index (κ3) is 6.02. The first-order valence-electron chi connectivity index (χ1n) is 11.0. The maximum atomic E-state index is 14.2. The number of imidazole rings is 1. The Balaban J connectivity index is 1.56. The number of pyridine rings is 1. The zero-order valence-corrected chi connectivity index (χ0v) is 20.0. The predicted octanol–water partition coefficient (Wildman–Crippen LogP) is 5.47. The fourth-order valence-corrected chi connectivity index (χ4v) is 3.70. The number of anilines is 2. The fourth-order valence-electron chi connectivity index (χ4n) is 3.70. The number of hydrogen-bond donors (Lipinski definition) is 1. The molecular formula is C25H22F5N5O2. The number of nitrogens with one attached hydrogen (secondary N) is 1. The molecule has 194 valence electrons. The Morgan fingerprint density at radius 2 is 1.78 bits per heavy atom. The number of alkyl halides is 3. The molecule has 0 aliphatic rings. The van der Waals surface area contributed by atoms with Crippen molar-refractivity contribution in [2.45, 2.75) is 12.6 Å². The minimum absolute atomic E-state index is 0.00419. The van der Waals surface area contributed by atoms with Gasteiger partial charge in [0.25, 0.3) is 0 Å². The van der Waals surface area contributed by atoms with Gasteiger partial charge in [0.1, 0.15) is 23.1 Å². The summed E-state index contributed by atoms with van der Waals surface area (Å²) in [6, 6.07) is 8.75. The zero-order valence-electron chi connectivity index (χ0n) is 20.0. The summed E-state index contributed by atoms with van der Waals surface area (Å²) in [4.78, 5) is 22.4. The van der Waals surface area contributed by atoms with E-state index < -0.39 is 29.1 Å². The standard InChI is InChI=1S/C25H22F5N5O2/c1-34(2)13-15(36)8-14-9-17(6-7-31-14)37-16-4-5-23-22(10-16)33-24(35(23)3)32-21-11-18(25(28,29)30)19(26)12-20(21)27/h4-7,9-12H,8,13H2,1-3H3,(H,32,33). The second-order valence-corrected chi connectivity index (χ2v) is 8.62. The lowest BCUT2D eigenvalue weighted by atomic mass is 10.1. The van der Waals surface area contributed by atoms with Gasteiger partial charge in [-0.05, 0) is 38.4 Å². The van der Waals surface area contributed by atoms with E-state index in [4.69, 9.17) is 4.74 Å². The van der Waals surface area contributed by atoms with Crippen molar-refractivity contribution in [2.24, 2.45) is 7.05 Å². The van der Waals surface area contributed by atoms with Crippen LogP contribution in [0.5, 0.6) is 11.5 Å². The number of nitrogens with zero attached hydrogens (tertiary/aromatic N) is 4. The highest BCUT2D eigenvalue weighted by atomic mass is 19.4. The van der Waals surface area contributed by atoms with Crippen LogP contribution in [0.4, 0.5) is 33.6 Å². The number of ketones is 1. The number of carbonyl (C=O) groups excluding carboxylic acids is 1. The highest BCUT2D eigenvalue weighted by Gasteiger charge is 2.35. The Morgan fingerprint density at radius 1 is 1.05 bits per heavy atom. The molecule has 0 fully saturated rings. The van der Waals surface area contributed by atoms with Crippen molar-refractivity contribution in [1.29, 1.82) is 0 Å². The molecule has 0 saturated heterocycles.